The van der Waals surface area contributed by atoms with Crippen molar-refractivity contribution >= 4 is 27.4 Å². The van der Waals surface area contributed by atoms with Crippen molar-refractivity contribution in [2.24, 2.45) is 0 Å². The van der Waals surface area contributed by atoms with Gasteiger partial charge in [0.1, 0.15) is 22.2 Å². The van der Waals surface area contributed by atoms with Crippen LogP contribution in [0.25, 0.3) is 10.2 Å². The molecule has 0 unspecified atom stereocenters. The van der Waals surface area contributed by atoms with Gasteiger partial charge in [0, 0.05) is 17.8 Å². The summed E-state index contributed by atoms with van der Waals surface area (Å²) in [6, 6.07) is 3.94. The molecule has 1 aliphatic carbocycles. The molecule has 0 atom stereocenters. The average molecular weight is 313 g/mol. The van der Waals surface area contributed by atoms with Gasteiger partial charge in [0.15, 0.2) is 0 Å². The molecule has 0 fully saturated rings. The van der Waals surface area contributed by atoms with Crippen molar-refractivity contribution in [3.63, 3.8) is 0 Å². The molecule has 3 heterocycles. The van der Waals surface area contributed by atoms with E-state index in [0.29, 0.717) is 0 Å². The van der Waals surface area contributed by atoms with Gasteiger partial charge in [-0.1, -0.05) is 0 Å². The summed E-state index contributed by atoms with van der Waals surface area (Å²) in [5.74, 6) is 2.84. The Balaban J connectivity index is 1.65. The first-order valence-electron chi connectivity index (χ1n) is 7.86. The number of furan rings is 1. The van der Waals surface area contributed by atoms with Crippen LogP contribution in [0.2, 0.25) is 0 Å². The molecule has 0 saturated carbocycles. The molecule has 0 aliphatic heterocycles. The Morgan fingerprint density at radius 3 is 3.05 bits per heavy atom. The van der Waals surface area contributed by atoms with Crippen molar-refractivity contribution in [1.82, 2.24) is 9.97 Å². The summed E-state index contributed by atoms with van der Waals surface area (Å²) in [6.07, 6.45) is 7.52. The topological polar surface area (TPSA) is 51.0 Å². The number of hydrogen-bond acceptors (Lipinski definition) is 5. The fraction of sp³-hybridized carbons (Fsp3) is 0.412. The van der Waals surface area contributed by atoms with E-state index < -0.39 is 0 Å². The maximum absolute atomic E-state index is 5.39. The number of thiophene rings is 1. The van der Waals surface area contributed by atoms with E-state index in [4.69, 9.17) is 4.42 Å². The zero-order chi connectivity index (χ0) is 14.9. The standard InChI is InChI=1S/C17H19N3OS/c1-11-19-16(18-9-8-12-5-4-10-21-12)15-13-6-2-3-7-14(13)22-17(15)20-11/h4-5,10H,2-3,6-9H2,1H3,(H,18,19,20). The third-order valence-electron chi connectivity index (χ3n) is 4.17. The van der Waals surface area contributed by atoms with Gasteiger partial charge in [-0.2, -0.15) is 0 Å². The SMILES string of the molecule is Cc1nc(NCCc2ccco2)c2c3c(sc2n1)CCCC3. The van der Waals surface area contributed by atoms with Crippen molar-refractivity contribution in [3.8, 4) is 0 Å². The minimum Gasteiger partial charge on any atom is -0.469 e. The number of aryl methyl sites for hydroxylation is 3. The summed E-state index contributed by atoms with van der Waals surface area (Å²) in [5, 5.41) is 4.75. The molecule has 1 aliphatic rings. The van der Waals surface area contributed by atoms with Crippen molar-refractivity contribution in [2.45, 2.75) is 39.0 Å². The van der Waals surface area contributed by atoms with Crippen molar-refractivity contribution in [3.05, 3.63) is 40.4 Å². The Hall–Kier alpha value is -1.88. The smallest absolute Gasteiger partial charge is 0.138 e. The number of aromatic nitrogens is 2. The summed E-state index contributed by atoms with van der Waals surface area (Å²) in [7, 11) is 0. The normalized spacial score (nSPS) is 14.2. The average Bonchev–Trinajstić information content (AvgIpc) is 3.13. The molecule has 0 radical (unpaired) electrons. The highest BCUT2D eigenvalue weighted by Crippen LogP contribution is 2.38. The molecule has 0 saturated heterocycles. The first kappa shape index (κ1) is 13.8. The monoisotopic (exact) mass is 313 g/mol. The van der Waals surface area contributed by atoms with Crippen LogP contribution in [0.3, 0.4) is 0 Å². The lowest BCUT2D eigenvalue weighted by Crippen LogP contribution is -2.08. The van der Waals surface area contributed by atoms with Crippen LogP contribution in [0.4, 0.5) is 5.82 Å². The van der Waals surface area contributed by atoms with Gasteiger partial charge in [-0.25, -0.2) is 9.97 Å². The van der Waals surface area contributed by atoms with Crippen LogP contribution >= 0.6 is 11.3 Å². The van der Waals surface area contributed by atoms with Gasteiger partial charge in [0.2, 0.25) is 0 Å². The molecule has 22 heavy (non-hydrogen) atoms. The molecular formula is C17H19N3OS. The Labute approximate surface area is 133 Å². The molecule has 1 N–H and O–H groups in total. The number of nitrogens with one attached hydrogen (secondary N) is 1. The summed E-state index contributed by atoms with van der Waals surface area (Å²) < 4.78 is 5.39. The highest BCUT2D eigenvalue weighted by Gasteiger charge is 2.20. The molecule has 0 spiro atoms. The van der Waals surface area contributed by atoms with Crippen LogP contribution in [0, 0.1) is 6.92 Å². The minimum absolute atomic E-state index is 0.823. The highest BCUT2D eigenvalue weighted by molar-refractivity contribution is 7.19. The second kappa shape index (κ2) is 5.72. The van der Waals surface area contributed by atoms with Gasteiger partial charge in [0.25, 0.3) is 0 Å². The lowest BCUT2D eigenvalue weighted by Gasteiger charge is -2.12. The molecule has 0 amide bonds. The second-order valence-corrected chi connectivity index (χ2v) is 6.85. The van der Waals surface area contributed by atoms with E-state index >= 15 is 0 Å². The predicted octanol–water partition coefficient (Wildman–Crippen LogP) is 4.13. The molecule has 0 aromatic carbocycles. The molecule has 0 bridgehead atoms. The quantitative estimate of drug-likeness (QED) is 0.787. The van der Waals surface area contributed by atoms with Crippen LogP contribution in [0.5, 0.6) is 0 Å². The minimum atomic E-state index is 0.823. The Morgan fingerprint density at radius 2 is 2.18 bits per heavy atom. The zero-order valence-corrected chi connectivity index (χ0v) is 13.5. The van der Waals surface area contributed by atoms with Crippen LogP contribution in [0.15, 0.2) is 22.8 Å². The molecule has 3 aromatic rings. The van der Waals surface area contributed by atoms with Crippen LogP contribution in [-0.4, -0.2) is 16.5 Å². The number of hydrogen-bond donors (Lipinski definition) is 1. The second-order valence-electron chi connectivity index (χ2n) is 5.77. The summed E-state index contributed by atoms with van der Waals surface area (Å²) >= 11 is 1.85. The van der Waals surface area contributed by atoms with Gasteiger partial charge in [-0.15, -0.1) is 11.3 Å². The molecule has 5 heteroatoms. The van der Waals surface area contributed by atoms with Gasteiger partial charge in [0.05, 0.1) is 11.6 Å². The lowest BCUT2D eigenvalue weighted by atomic mass is 9.97. The Bertz CT molecular complexity index is 792. The number of anilines is 1. The van der Waals surface area contributed by atoms with E-state index in [2.05, 4.69) is 15.3 Å². The van der Waals surface area contributed by atoms with E-state index in [-0.39, 0.29) is 0 Å². The van der Waals surface area contributed by atoms with E-state index in [9.17, 15) is 0 Å². The fourth-order valence-electron chi connectivity index (χ4n) is 3.15. The van der Waals surface area contributed by atoms with E-state index in [0.717, 1.165) is 41.6 Å². The summed E-state index contributed by atoms with van der Waals surface area (Å²) in [6.45, 7) is 2.79. The van der Waals surface area contributed by atoms with Gasteiger partial charge in [-0.05, 0) is 50.3 Å². The van der Waals surface area contributed by atoms with Gasteiger partial charge < -0.3 is 9.73 Å². The zero-order valence-electron chi connectivity index (χ0n) is 12.7. The molecule has 4 nitrogen and oxygen atoms in total. The number of nitrogens with zero attached hydrogens (tertiary/aromatic N) is 2. The third kappa shape index (κ3) is 2.50. The Morgan fingerprint density at radius 1 is 1.27 bits per heavy atom. The van der Waals surface area contributed by atoms with Crippen LogP contribution in [0.1, 0.15) is 34.9 Å². The first-order valence-corrected chi connectivity index (χ1v) is 8.68. The first-order chi connectivity index (χ1) is 10.8. The molecule has 4 rings (SSSR count). The summed E-state index contributed by atoms with van der Waals surface area (Å²) in [5.41, 5.74) is 1.48. The van der Waals surface area contributed by atoms with Crippen molar-refractivity contribution in [1.29, 1.82) is 0 Å². The largest absolute Gasteiger partial charge is 0.469 e. The lowest BCUT2D eigenvalue weighted by molar-refractivity contribution is 0.513. The molecule has 114 valence electrons. The van der Waals surface area contributed by atoms with E-state index in [1.807, 2.05) is 30.4 Å². The predicted molar refractivity (Wildman–Crippen MR) is 89.7 cm³/mol. The Kier molecular flexibility index (Phi) is 3.58. The van der Waals surface area contributed by atoms with Crippen LogP contribution in [-0.2, 0) is 19.3 Å². The van der Waals surface area contributed by atoms with Crippen LogP contribution < -0.4 is 5.32 Å². The number of fused-ring (bicyclic) bond motifs is 3. The van der Waals surface area contributed by atoms with Crippen molar-refractivity contribution in [2.75, 3.05) is 11.9 Å². The molecule has 3 aromatic heterocycles. The third-order valence-corrected chi connectivity index (χ3v) is 5.36. The maximum Gasteiger partial charge on any atom is 0.138 e. The highest BCUT2D eigenvalue weighted by atomic mass is 32.1. The maximum atomic E-state index is 5.39. The summed E-state index contributed by atoms with van der Waals surface area (Å²) in [4.78, 5) is 12.0. The number of rotatable bonds is 4. The van der Waals surface area contributed by atoms with Gasteiger partial charge in [-0.3, -0.25) is 0 Å². The van der Waals surface area contributed by atoms with Crippen molar-refractivity contribution < 1.29 is 4.42 Å². The molecular weight excluding hydrogens is 294 g/mol. The van der Waals surface area contributed by atoms with Gasteiger partial charge >= 0.3 is 0 Å². The van der Waals surface area contributed by atoms with E-state index in [1.165, 1.54) is 35.1 Å². The fourth-order valence-corrected chi connectivity index (χ4v) is 4.46. The van der Waals surface area contributed by atoms with E-state index in [1.54, 1.807) is 6.26 Å².